The first kappa shape index (κ1) is 16.7. The van der Waals surface area contributed by atoms with Crippen LogP contribution in [-0.2, 0) is 0 Å². The molecule has 0 spiro atoms. The second kappa shape index (κ2) is 7.56. The van der Waals surface area contributed by atoms with E-state index in [9.17, 15) is 4.79 Å². The smallest absolute Gasteiger partial charge is 0.251 e. The summed E-state index contributed by atoms with van der Waals surface area (Å²) in [5.41, 5.74) is 3.11. The number of amides is 1. The summed E-state index contributed by atoms with van der Waals surface area (Å²) in [7, 11) is 4.05. The van der Waals surface area contributed by atoms with Gasteiger partial charge < -0.3 is 10.2 Å². The molecule has 0 heterocycles. The maximum absolute atomic E-state index is 12.2. The Morgan fingerprint density at radius 2 is 1.68 bits per heavy atom. The average Bonchev–Trinajstić information content (AvgIpc) is 2.49. The highest BCUT2D eigenvalue weighted by atomic mass is 79.9. The van der Waals surface area contributed by atoms with E-state index in [0.717, 1.165) is 4.47 Å². The lowest BCUT2D eigenvalue weighted by Crippen LogP contribution is -2.34. The Bertz CT molecular complexity index is 621. The lowest BCUT2D eigenvalue weighted by Gasteiger charge is -2.25. The van der Waals surface area contributed by atoms with E-state index in [1.54, 1.807) is 0 Å². The molecular weight excluding hydrogens is 340 g/mol. The third-order valence-electron chi connectivity index (χ3n) is 3.65. The van der Waals surface area contributed by atoms with Gasteiger partial charge in [0.2, 0.25) is 0 Å². The fourth-order valence-corrected chi connectivity index (χ4v) is 2.54. The number of carbonyl (C=O) groups is 1. The van der Waals surface area contributed by atoms with Crippen LogP contribution in [0, 0.1) is 6.92 Å². The number of aryl methyl sites for hydroxylation is 1. The van der Waals surface area contributed by atoms with Gasteiger partial charge in [0, 0.05) is 16.6 Å². The standard InChI is InChI=1S/C18H21BrN2O/c1-13-4-6-14(7-5-13)17(21(2)3)12-20-18(22)15-8-10-16(19)11-9-15/h4-11,17H,12H2,1-3H3,(H,20,22). The van der Waals surface area contributed by atoms with Crippen LogP contribution in [0.2, 0.25) is 0 Å². The number of hydrogen-bond donors (Lipinski definition) is 1. The van der Waals surface area contributed by atoms with Crippen LogP contribution in [0.4, 0.5) is 0 Å². The molecule has 2 rings (SSSR count). The lowest BCUT2D eigenvalue weighted by molar-refractivity contribution is 0.0942. The number of halogens is 1. The molecule has 1 N–H and O–H groups in total. The summed E-state index contributed by atoms with van der Waals surface area (Å²) in [4.78, 5) is 14.3. The predicted octanol–water partition coefficient (Wildman–Crippen LogP) is 3.79. The molecule has 0 aliphatic heterocycles. The van der Waals surface area contributed by atoms with Crippen molar-refractivity contribution < 1.29 is 4.79 Å². The number of hydrogen-bond acceptors (Lipinski definition) is 2. The van der Waals surface area contributed by atoms with Crippen molar-refractivity contribution in [3.63, 3.8) is 0 Å². The van der Waals surface area contributed by atoms with Crippen molar-refractivity contribution in [3.05, 3.63) is 69.7 Å². The summed E-state index contributed by atoms with van der Waals surface area (Å²) in [5.74, 6) is -0.0496. The summed E-state index contributed by atoms with van der Waals surface area (Å²) in [5, 5.41) is 3.02. The molecule has 0 aliphatic rings. The normalized spacial score (nSPS) is 12.2. The minimum Gasteiger partial charge on any atom is -0.350 e. The lowest BCUT2D eigenvalue weighted by atomic mass is 10.0. The van der Waals surface area contributed by atoms with Gasteiger partial charge in [-0.25, -0.2) is 0 Å². The Morgan fingerprint density at radius 3 is 2.23 bits per heavy atom. The summed E-state index contributed by atoms with van der Waals surface area (Å²) in [6.07, 6.45) is 0. The van der Waals surface area contributed by atoms with Gasteiger partial charge in [-0.3, -0.25) is 4.79 Å². The Balaban J connectivity index is 2.04. The molecule has 0 fully saturated rings. The van der Waals surface area contributed by atoms with Gasteiger partial charge in [0.25, 0.3) is 5.91 Å². The number of likely N-dealkylation sites (N-methyl/N-ethyl adjacent to an activating group) is 1. The number of benzene rings is 2. The second-order valence-electron chi connectivity index (χ2n) is 5.61. The highest BCUT2D eigenvalue weighted by molar-refractivity contribution is 9.10. The van der Waals surface area contributed by atoms with E-state index in [4.69, 9.17) is 0 Å². The SMILES string of the molecule is Cc1ccc(C(CNC(=O)c2ccc(Br)cc2)N(C)C)cc1. The van der Waals surface area contributed by atoms with E-state index in [1.165, 1.54) is 11.1 Å². The van der Waals surface area contributed by atoms with Crippen molar-refractivity contribution in [2.45, 2.75) is 13.0 Å². The first-order valence-electron chi connectivity index (χ1n) is 7.24. The van der Waals surface area contributed by atoms with E-state index in [1.807, 2.05) is 38.4 Å². The van der Waals surface area contributed by atoms with Gasteiger partial charge in [-0.2, -0.15) is 0 Å². The molecule has 1 atom stereocenters. The van der Waals surface area contributed by atoms with E-state index < -0.39 is 0 Å². The number of nitrogens with one attached hydrogen (secondary N) is 1. The fourth-order valence-electron chi connectivity index (χ4n) is 2.28. The Morgan fingerprint density at radius 1 is 1.09 bits per heavy atom. The summed E-state index contributed by atoms with van der Waals surface area (Å²) in [6.45, 7) is 2.65. The van der Waals surface area contributed by atoms with Gasteiger partial charge in [0.1, 0.15) is 0 Å². The van der Waals surface area contributed by atoms with Crippen molar-refractivity contribution >= 4 is 21.8 Å². The van der Waals surface area contributed by atoms with Crippen LogP contribution in [0.25, 0.3) is 0 Å². The predicted molar refractivity (Wildman–Crippen MR) is 94.1 cm³/mol. The molecule has 116 valence electrons. The van der Waals surface area contributed by atoms with Crippen LogP contribution >= 0.6 is 15.9 Å². The minimum absolute atomic E-state index is 0.0496. The fraction of sp³-hybridized carbons (Fsp3) is 0.278. The molecule has 0 saturated carbocycles. The van der Waals surface area contributed by atoms with Gasteiger partial charge in [-0.05, 0) is 50.8 Å². The van der Waals surface area contributed by atoms with Crippen LogP contribution in [0.5, 0.6) is 0 Å². The topological polar surface area (TPSA) is 32.3 Å². The molecule has 0 aliphatic carbocycles. The molecular formula is C18H21BrN2O. The van der Waals surface area contributed by atoms with E-state index in [2.05, 4.69) is 57.3 Å². The van der Waals surface area contributed by atoms with Crippen LogP contribution < -0.4 is 5.32 Å². The average molecular weight is 361 g/mol. The molecule has 0 bridgehead atoms. The second-order valence-corrected chi connectivity index (χ2v) is 6.52. The molecule has 1 amide bonds. The zero-order valence-corrected chi connectivity index (χ0v) is 14.7. The van der Waals surface area contributed by atoms with Gasteiger partial charge in [-0.1, -0.05) is 45.8 Å². The number of nitrogens with zero attached hydrogens (tertiary/aromatic N) is 1. The van der Waals surface area contributed by atoms with Crippen molar-refractivity contribution in [3.8, 4) is 0 Å². The molecule has 0 aromatic heterocycles. The first-order valence-corrected chi connectivity index (χ1v) is 8.03. The van der Waals surface area contributed by atoms with Crippen LogP contribution in [0.15, 0.2) is 53.0 Å². The third-order valence-corrected chi connectivity index (χ3v) is 4.18. The molecule has 3 nitrogen and oxygen atoms in total. The van der Waals surface area contributed by atoms with Gasteiger partial charge in [0.05, 0.1) is 6.04 Å². The first-order chi connectivity index (χ1) is 10.5. The zero-order valence-electron chi connectivity index (χ0n) is 13.1. The Kier molecular flexibility index (Phi) is 5.75. The number of rotatable bonds is 5. The van der Waals surface area contributed by atoms with Gasteiger partial charge in [0.15, 0.2) is 0 Å². The molecule has 22 heavy (non-hydrogen) atoms. The molecule has 2 aromatic carbocycles. The van der Waals surface area contributed by atoms with Crippen LogP contribution in [0.3, 0.4) is 0 Å². The largest absolute Gasteiger partial charge is 0.350 e. The van der Waals surface area contributed by atoms with E-state index in [-0.39, 0.29) is 11.9 Å². The molecule has 4 heteroatoms. The maximum atomic E-state index is 12.2. The molecule has 0 saturated heterocycles. The quantitative estimate of drug-likeness (QED) is 0.879. The third kappa shape index (κ3) is 4.42. The minimum atomic E-state index is -0.0496. The van der Waals surface area contributed by atoms with E-state index >= 15 is 0 Å². The maximum Gasteiger partial charge on any atom is 0.251 e. The van der Waals surface area contributed by atoms with Gasteiger partial charge >= 0.3 is 0 Å². The molecule has 1 unspecified atom stereocenters. The highest BCUT2D eigenvalue weighted by Gasteiger charge is 2.15. The highest BCUT2D eigenvalue weighted by Crippen LogP contribution is 2.18. The summed E-state index contributed by atoms with van der Waals surface area (Å²) in [6, 6.07) is 16.0. The van der Waals surface area contributed by atoms with Crippen molar-refractivity contribution in [1.82, 2.24) is 10.2 Å². The van der Waals surface area contributed by atoms with Crippen molar-refractivity contribution in [2.75, 3.05) is 20.6 Å². The van der Waals surface area contributed by atoms with Crippen LogP contribution in [0.1, 0.15) is 27.5 Å². The van der Waals surface area contributed by atoms with Crippen molar-refractivity contribution in [2.24, 2.45) is 0 Å². The summed E-state index contributed by atoms with van der Waals surface area (Å²) >= 11 is 3.37. The van der Waals surface area contributed by atoms with E-state index in [0.29, 0.717) is 12.1 Å². The Hall–Kier alpha value is -1.65. The number of carbonyl (C=O) groups excluding carboxylic acids is 1. The molecule has 0 radical (unpaired) electrons. The zero-order chi connectivity index (χ0) is 16.1. The van der Waals surface area contributed by atoms with Gasteiger partial charge in [-0.15, -0.1) is 0 Å². The summed E-state index contributed by atoms with van der Waals surface area (Å²) < 4.78 is 0.967. The monoisotopic (exact) mass is 360 g/mol. The Labute approximate surface area is 140 Å². The van der Waals surface area contributed by atoms with Crippen LogP contribution in [-0.4, -0.2) is 31.4 Å². The van der Waals surface area contributed by atoms with Crippen molar-refractivity contribution in [1.29, 1.82) is 0 Å². The molecule has 2 aromatic rings.